The molecule has 0 saturated carbocycles. The maximum absolute atomic E-state index is 12.8. The molecule has 130 valence electrons. The van der Waals surface area contributed by atoms with Gasteiger partial charge in [-0.2, -0.15) is 5.10 Å². The molecule has 4 rings (SSSR count). The summed E-state index contributed by atoms with van der Waals surface area (Å²) in [5.41, 5.74) is 3.32. The van der Waals surface area contributed by atoms with Gasteiger partial charge in [-0.25, -0.2) is 0 Å². The highest BCUT2D eigenvalue weighted by Crippen LogP contribution is 2.27. The maximum atomic E-state index is 12.8. The molecule has 0 spiro atoms. The zero-order valence-corrected chi connectivity index (χ0v) is 13.8. The maximum Gasteiger partial charge on any atom is 0.246 e. The summed E-state index contributed by atoms with van der Waals surface area (Å²) in [5, 5.41) is 17.4. The summed E-state index contributed by atoms with van der Waals surface area (Å²) in [7, 11) is 0. The molecule has 3 heterocycles. The number of carbonyl (C=O) groups excluding carboxylic acids is 2. The van der Waals surface area contributed by atoms with Gasteiger partial charge >= 0.3 is 0 Å². The number of H-pyrrole nitrogens is 1. The Morgan fingerprint density at radius 3 is 2.92 bits per heavy atom. The number of aryl methyl sites for hydroxylation is 1. The van der Waals surface area contributed by atoms with Crippen LogP contribution in [0, 0.1) is 0 Å². The molecule has 1 aromatic rings. The minimum atomic E-state index is -0.507. The van der Waals surface area contributed by atoms with Gasteiger partial charge in [0.25, 0.3) is 0 Å². The number of piperidine rings is 1. The van der Waals surface area contributed by atoms with Crippen LogP contribution in [0.4, 0.5) is 0 Å². The molecule has 2 amide bonds. The number of rotatable bonds is 2. The summed E-state index contributed by atoms with van der Waals surface area (Å²) in [5.74, 6) is -0.0770. The first-order valence-electron chi connectivity index (χ1n) is 8.95. The Hall–Kier alpha value is -1.89. The Balaban J connectivity index is 1.53. The molecule has 1 aliphatic carbocycles. The van der Waals surface area contributed by atoms with Crippen LogP contribution in [-0.4, -0.2) is 62.2 Å². The lowest BCUT2D eigenvalue weighted by Gasteiger charge is -2.43. The molecule has 2 fully saturated rings. The topological polar surface area (TPSA) is 89.5 Å². The third kappa shape index (κ3) is 2.70. The number of hydrogen-bond donors (Lipinski definition) is 2. The van der Waals surface area contributed by atoms with Crippen molar-refractivity contribution >= 4 is 11.8 Å². The van der Waals surface area contributed by atoms with E-state index in [1.165, 1.54) is 24.1 Å². The fourth-order valence-corrected chi connectivity index (χ4v) is 4.19. The molecular formula is C17H24N4O3. The summed E-state index contributed by atoms with van der Waals surface area (Å²) < 4.78 is 0. The molecular weight excluding hydrogens is 308 g/mol. The van der Waals surface area contributed by atoms with Crippen molar-refractivity contribution in [3.63, 3.8) is 0 Å². The van der Waals surface area contributed by atoms with E-state index in [2.05, 4.69) is 10.2 Å². The van der Waals surface area contributed by atoms with Gasteiger partial charge in [0.1, 0.15) is 12.6 Å². The smallest absolute Gasteiger partial charge is 0.246 e. The predicted molar refractivity (Wildman–Crippen MR) is 86.0 cm³/mol. The number of aromatic nitrogens is 2. The molecule has 2 atom stereocenters. The number of hydrogen-bond acceptors (Lipinski definition) is 4. The quantitative estimate of drug-likeness (QED) is 0.766. The van der Waals surface area contributed by atoms with Crippen molar-refractivity contribution in [2.24, 2.45) is 0 Å². The van der Waals surface area contributed by atoms with Crippen molar-refractivity contribution < 1.29 is 14.7 Å². The van der Waals surface area contributed by atoms with E-state index in [0.717, 1.165) is 25.0 Å². The highest BCUT2D eigenvalue weighted by Gasteiger charge is 2.42. The van der Waals surface area contributed by atoms with Crippen LogP contribution >= 0.6 is 0 Å². The molecule has 0 aromatic carbocycles. The highest BCUT2D eigenvalue weighted by molar-refractivity contribution is 5.95. The molecule has 7 nitrogen and oxygen atoms in total. The standard InChI is InChI=1S/C17H24N4O3/c22-11-6-7-21-15(8-11)17(24)20(10-16(21)23)9-14-12-4-2-1-3-5-13(12)18-19-14/h11,15,22H,1-10H2,(H,18,19)/t11-,15+/m0/s1. The molecule has 0 unspecified atom stereocenters. The van der Waals surface area contributed by atoms with Gasteiger partial charge < -0.3 is 14.9 Å². The Morgan fingerprint density at radius 2 is 2.04 bits per heavy atom. The second kappa shape index (κ2) is 6.20. The second-order valence-corrected chi connectivity index (χ2v) is 7.16. The zero-order chi connectivity index (χ0) is 16.7. The molecule has 7 heteroatoms. The minimum Gasteiger partial charge on any atom is -0.393 e. The molecule has 24 heavy (non-hydrogen) atoms. The van der Waals surface area contributed by atoms with Crippen molar-refractivity contribution in [2.45, 2.75) is 63.6 Å². The van der Waals surface area contributed by atoms with Crippen LogP contribution in [0.5, 0.6) is 0 Å². The first-order valence-corrected chi connectivity index (χ1v) is 8.95. The summed E-state index contributed by atoms with van der Waals surface area (Å²) in [6.07, 6.45) is 5.95. The van der Waals surface area contributed by atoms with Gasteiger partial charge in [-0.3, -0.25) is 14.7 Å². The Morgan fingerprint density at radius 1 is 1.21 bits per heavy atom. The normalized spacial score (nSPS) is 27.7. The number of nitrogens with zero attached hydrogens (tertiary/aromatic N) is 3. The van der Waals surface area contributed by atoms with E-state index in [9.17, 15) is 14.7 Å². The van der Waals surface area contributed by atoms with E-state index in [1.54, 1.807) is 9.80 Å². The first kappa shape index (κ1) is 15.6. The number of carbonyl (C=O) groups is 2. The van der Waals surface area contributed by atoms with Gasteiger partial charge in [-0.05, 0) is 37.7 Å². The average molecular weight is 332 g/mol. The minimum absolute atomic E-state index is 0.0203. The third-order valence-corrected chi connectivity index (χ3v) is 5.55. The highest BCUT2D eigenvalue weighted by atomic mass is 16.3. The molecule has 1 aromatic heterocycles. The first-order chi connectivity index (χ1) is 11.6. The molecule has 2 saturated heterocycles. The van der Waals surface area contributed by atoms with Gasteiger partial charge in [0.15, 0.2) is 0 Å². The van der Waals surface area contributed by atoms with E-state index in [-0.39, 0.29) is 18.4 Å². The van der Waals surface area contributed by atoms with E-state index in [0.29, 0.717) is 25.9 Å². The number of fused-ring (bicyclic) bond motifs is 2. The summed E-state index contributed by atoms with van der Waals surface area (Å²) in [6, 6.07) is -0.507. The van der Waals surface area contributed by atoms with Crippen LogP contribution in [0.3, 0.4) is 0 Å². The molecule has 0 radical (unpaired) electrons. The van der Waals surface area contributed by atoms with Gasteiger partial charge in [0.05, 0.1) is 18.3 Å². The Labute approximate surface area is 141 Å². The SMILES string of the molecule is O=C1[C@H]2C[C@@H](O)CCN2C(=O)CN1Cc1n[nH]c2c1CCCCC2. The van der Waals surface area contributed by atoms with Gasteiger partial charge in [-0.1, -0.05) is 6.42 Å². The fraction of sp³-hybridized carbons (Fsp3) is 0.706. The van der Waals surface area contributed by atoms with E-state index >= 15 is 0 Å². The molecule has 3 aliphatic rings. The lowest BCUT2D eigenvalue weighted by molar-refractivity contribution is -0.160. The summed E-state index contributed by atoms with van der Waals surface area (Å²) in [4.78, 5) is 28.4. The summed E-state index contributed by atoms with van der Waals surface area (Å²) >= 11 is 0. The molecule has 2 aliphatic heterocycles. The number of piperazine rings is 1. The van der Waals surface area contributed by atoms with Crippen LogP contribution in [0.25, 0.3) is 0 Å². The van der Waals surface area contributed by atoms with Crippen LogP contribution in [0.2, 0.25) is 0 Å². The monoisotopic (exact) mass is 332 g/mol. The van der Waals surface area contributed by atoms with Crippen molar-refractivity contribution in [1.29, 1.82) is 0 Å². The lowest BCUT2D eigenvalue weighted by Crippen LogP contribution is -2.62. The fourth-order valence-electron chi connectivity index (χ4n) is 4.19. The zero-order valence-electron chi connectivity index (χ0n) is 13.8. The van der Waals surface area contributed by atoms with E-state index in [1.807, 2.05) is 0 Å². The largest absolute Gasteiger partial charge is 0.393 e. The van der Waals surface area contributed by atoms with E-state index in [4.69, 9.17) is 0 Å². The summed E-state index contributed by atoms with van der Waals surface area (Å²) in [6.45, 7) is 0.978. The number of aliphatic hydroxyl groups is 1. The van der Waals surface area contributed by atoms with Crippen molar-refractivity contribution in [3.05, 3.63) is 17.0 Å². The Kier molecular flexibility index (Phi) is 4.04. The third-order valence-electron chi connectivity index (χ3n) is 5.55. The van der Waals surface area contributed by atoms with Gasteiger partial charge in [-0.15, -0.1) is 0 Å². The van der Waals surface area contributed by atoms with Gasteiger partial charge in [0, 0.05) is 18.7 Å². The number of amides is 2. The van der Waals surface area contributed by atoms with Gasteiger partial charge in [0.2, 0.25) is 11.8 Å². The van der Waals surface area contributed by atoms with Crippen LogP contribution < -0.4 is 0 Å². The van der Waals surface area contributed by atoms with Crippen LogP contribution in [0.1, 0.15) is 49.1 Å². The second-order valence-electron chi connectivity index (χ2n) is 7.16. The predicted octanol–water partition coefficient (Wildman–Crippen LogP) is 0.373. The van der Waals surface area contributed by atoms with E-state index < -0.39 is 12.1 Å². The van der Waals surface area contributed by atoms with Crippen LogP contribution in [0.15, 0.2) is 0 Å². The lowest BCUT2D eigenvalue weighted by atomic mass is 9.95. The Bertz CT molecular complexity index is 656. The van der Waals surface area contributed by atoms with Crippen LogP contribution in [-0.2, 0) is 29.0 Å². The molecule has 0 bridgehead atoms. The van der Waals surface area contributed by atoms with Crippen molar-refractivity contribution in [3.8, 4) is 0 Å². The molecule has 2 N–H and O–H groups in total. The van der Waals surface area contributed by atoms with Crippen molar-refractivity contribution in [2.75, 3.05) is 13.1 Å². The number of aliphatic hydroxyl groups excluding tert-OH is 1. The average Bonchev–Trinajstić information content (AvgIpc) is 2.79. The van der Waals surface area contributed by atoms with Crippen molar-refractivity contribution in [1.82, 2.24) is 20.0 Å². The number of nitrogens with one attached hydrogen (secondary N) is 1. The number of aromatic amines is 1.